The van der Waals surface area contributed by atoms with Crippen molar-refractivity contribution in [1.29, 1.82) is 0 Å². The number of hydrogen-bond donors (Lipinski definition) is 0. The quantitative estimate of drug-likeness (QED) is 0.174. The van der Waals surface area contributed by atoms with Gasteiger partial charge in [-0.2, -0.15) is 0 Å². The van der Waals surface area contributed by atoms with Crippen molar-refractivity contribution in [2.45, 2.75) is 12.8 Å². The van der Waals surface area contributed by atoms with Crippen molar-refractivity contribution in [3.8, 4) is 67.5 Å². The Kier molecular flexibility index (Phi) is 7.81. The van der Waals surface area contributed by atoms with Gasteiger partial charge in [0.05, 0.1) is 0 Å². The van der Waals surface area contributed by atoms with Crippen molar-refractivity contribution in [2.24, 2.45) is 0 Å². The molecular formula is C49H33N3S. The fourth-order valence-electron chi connectivity index (χ4n) is 7.71. The third-order valence-electron chi connectivity index (χ3n) is 10.3. The Balaban J connectivity index is 1.12. The molecule has 2 aromatic heterocycles. The summed E-state index contributed by atoms with van der Waals surface area (Å²) in [5.74, 6) is 1.98. The first kappa shape index (κ1) is 31.3. The molecule has 1 aliphatic carbocycles. The average molecular weight is 696 g/mol. The zero-order chi connectivity index (χ0) is 35.1. The van der Waals surface area contributed by atoms with Gasteiger partial charge >= 0.3 is 0 Å². The van der Waals surface area contributed by atoms with E-state index in [1.54, 1.807) is 11.3 Å². The highest BCUT2D eigenvalue weighted by molar-refractivity contribution is 7.26. The van der Waals surface area contributed by atoms with E-state index in [4.69, 9.17) is 15.0 Å². The largest absolute Gasteiger partial charge is 0.208 e. The minimum absolute atomic E-state index is 0.652. The maximum Gasteiger partial charge on any atom is 0.165 e. The van der Waals surface area contributed by atoms with Crippen LogP contribution in [0.3, 0.4) is 0 Å². The molecule has 2 heterocycles. The van der Waals surface area contributed by atoms with Gasteiger partial charge in [0.15, 0.2) is 17.5 Å². The minimum atomic E-state index is 0.652. The third-order valence-corrected chi connectivity index (χ3v) is 11.5. The highest BCUT2D eigenvalue weighted by atomic mass is 32.1. The SMILES string of the molecule is C1=Cc2c(-c3ccc(-c4nc(-c5ccccc5-c5ccccc5)nc(-c5cccc6c5sc5ccccc56)n4)cc3)ccc(-c3ccccc3)c2CC1. The summed E-state index contributed by atoms with van der Waals surface area (Å²) in [6, 6.07) is 57.9. The van der Waals surface area contributed by atoms with E-state index in [1.165, 1.54) is 53.6 Å². The van der Waals surface area contributed by atoms with Crippen LogP contribution in [0.5, 0.6) is 0 Å². The Bertz CT molecular complexity index is 2820. The lowest BCUT2D eigenvalue weighted by Gasteiger charge is -2.20. The third kappa shape index (κ3) is 5.65. The second-order valence-electron chi connectivity index (χ2n) is 13.4. The average Bonchev–Trinajstić information content (AvgIpc) is 3.63. The zero-order valence-electron chi connectivity index (χ0n) is 28.9. The van der Waals surface area contributed by atoms with Crippen molar-refractivity contribution in [2.75, 3.05) is 0 Å². The predicted molar refractivity (Wildman–Crippen MR) is 223 cm³/mol. The number of rotatable bonds is 6. The molecule has 0 fully saturated rings. The van der Waals surface area contributed by atoms with Crippen LogP contribution in [0.1, 0.15) is 17.5 Å². The molecule has 0 atom stereocenters. The van der Waals surface area contributed by atoms with Crippen LogP contribution < -0.4 is 0 Å². The van der Waals surface area contributed by atoms with Crippen LogP contribution >= 0.6 is 11.3 Å². The Hall–Kier alpha value is -6.49. The molecule has 250 valence electrons. The molecule has 7 aromatic carbocycles. The lowest BCUT2D eigenvalue weighted by molar-refractivity contribution is 0.989. The zero-order valence-corrected chi connectivity index (χ0v) is 29.7. The van der Waals surface area contributed by atoms with Gasteiger partial charge in [0.25, 0.3) is 0 Å². The molecular weight excluding hydrogens is 663 g/mol. The first-order valence-electron chi connectivity index (χ1n) is 18.1. The molecule has 0 aliphatic heterocycles. The standard InChI is InChI=1S/C49H33N3S/c1-3-14-32(15-4-1)36-18-7-10-22-43(36)48-50-47(51-49(52-48)44-24-13-23-42-41-21-11-12-25-45(41)53-46(42)44)35-28-26-34(27-29-35)38-31-30-37(33-16-5-2-6-17-33)39-19-8-9-20-40(38)39/h1-7,9-18,20-31H,8,19H2. The van der Waals surface area contributed by atoms with E-state index in [1.807, 2.05) is 6.07 Å². The molecule has 0 saturated heterocycles. The number of hydrogen-bond acceptors (Lipinski definition) is 4. The summed E-state index contributed by atoms with van der Waals surface area (Å²) in [5, 5.41) is 2.47. The molecule has 9 aromatic rings. The number of thiophene rings is 1. The number of allylic oxidation sites excluding steroid dienone is 1. The monoisotopic (exact) mass is 695 g/mol. The molecule has 0 bridgehead atoms. The minimum Gasteiger partial charge on any atom is -0.208 e. The van der Waals surface area contributed by atoms with Gasteiger partial charge in [-0.1, -0.05) is 164 Å². The first-order chi connectivity index (χ1) is 26.3. The molecule has 53 heavy (non-hydrogen) atoms. The number of benzene rings is 7. The lowest BCUT2D eigenvalue weighted by Crippen LogP contribution is -2.01. The summed E-state index contributed by atoms with van der Waals surface area (Å²) in [6.07, 6.45) is 6.70. The van der Waals surface area contributed by atoms with E-state index in [0.29, 0.717) is 17.5 Å². The summed E-state index contributed by atoms with van der Waals surface area (Å²) in [6.45, 7) is 0. The summed E-state index contributed by atoms with van der Waals surface area (Å²) in [5.41, 5.74) is 12.9. The van der Waals surface area contributed by atoms with Crippen LogP contribution in [0.2, 0.25) is 0 Å². The van der Waals surface area contributed by atoms with Crippen LogP contribution in [-0.4, -0.2) is 15.0 Å². The molecule has 10 rings (SSSR count). The first-order valence-corrected chi connectivity index (χ1v) is 18.9. The van der Waals surface area contributed by atoms with E-state index in [9.17, 15) is 0 Å². The normalized spacial score (nSPS) is 12.3. The molecule has 3 nitrogen and oxygen atoms in total. The Morgan fingerprint density at radius 2 is 0.962 bits per heavy atom. The Morgan fingerprint density at radius 3 is 1.75 bits per heavy atom. The maximum absolute atomic E-state index is 5.23. The van der Waals surface area contributed by atoms with Crippen LogP contribution in [0.25, 0.3) is 93.8 Å². The highest BCUT2D eigenvalue weighted by Crippen LogP contribution is 2.41. The van der Waals surface area contributed by atoms with Gasteiger partial charge in [0.2, 0.25) is 0 Å². The molecule has 4 heteroatoms. The van der Waals surface area contributed by atoms with E-state index in [2.05, 4.69) is 170 Å². The van der Waals surface area contributed by atoms with Gasteiger partial charge in [-0.15, -0.1) is 11.3 Å². The fraction of sp³-hybridized carbons (Fsp3) is 0.0408. The Morgan fingerprint density at radius 1 is 0.396 bits per heavy atom. The van der Waals surface area contributed by atoms with Gasteiger partial charge in [0.1, 0.15) is 0 Å². The molecule has 0 unspecified atom stereocenters. The summed E-state index contributed by atoms with van der Waals surface area (Å²) in [4.78, 5) is 15.6. The highest BCUT2D eigenvalue weighted by Gasteiger charge is 2.20. The fourth-order valence-corrected chi connectivity index (χ4v) is 8.92. The summed E-state index contributed by atoms with van der Waals surface area (Å²) >= 11 is 1.79. The van der Waals surface area contributed by atoms with Gasteiger partial charge in [0, 0.05) is 36.9 Å². The number of fused-ring (bicyclic) bond motifs is 4. The Labute approximate surface area is 312 Å². The molecule has 0 saturated carbocycles. The molecule has 0 N–H and O–H groups in total. The topological polar surface area (TPSA) is 38.7 Å². The van der Waals surface area contributed by atoms with Crippen LogP contribution in [0, 0.1) is 0 Å². The van der Waals surface area contributed by atoms with Crippen molar-refractivity contribution in [3.05, 3.63) is 181 Å². The van der Waals surface area contributed by atoms with Crippen LogP contribution in [-0.2, 0) is 6.42 Å². The molecule has 1 aliphatic rings. The van der Waals surface area contributed by atoms with Crippen LogP contribution in [0.4, 0.5) is 0 Å². The second-order valence-corrected chi connectivity index (χ2v) is 14.5. The smallest absolute Gasteiger partial charge is 0.165 e. The van der Waals surface area contributed by atoms with Crippen molar-refractivity contribution >= 4 is 37.6 Å². The van der Waals surface area contributed by atoms with Crippen molar-refractivity contribution < 1.29 is 0 Å². The number of nitrogens with zero attached hydrogens (tertiary/aromatic N) is 3. The van der Waals surface area contributed by atoms with E-state index in [0.717, 1.165) is 40.7 Å². The van der Waals surface area contributed by atoms with Gasteiger partial charge in [-0.05, 0) is 69.5 Å². The van der Waals surface area contributed by atoms with Gasteiger partial charge < -0.3 is 0 Å². The molecule has 0 amide bonds. The lowest BCUT2D eigenvalue weighted by atomic mass is 9.84. The summed E-state index contributed by atoms with van der Waals surface area (Å²) < 4.78 is 2.43. The second kappa shape index (κ2) is 13.2. The maximum atomic E-state index is 5.23. The predicted octanol–water partition coefficient (Wildman–Crippen LogP) is 13.2. The van der Waals surface area contributed by atoms with Gasteiger partial charge in [-0.25, -0.2) is 15.0 Å². The molecule has 0 radical (unpaired) electrons. The van der Waals surface area contributed by atoms with E-state index in [-0.39, 0.29) is 0 Å². The van der Waals surface area contributed by atoms with Crippen molar-refractivity contribution in [3.63, 3.8) is 0 Å². The summed E-state index contributed by atoms with van der Waals surface area (Å²) in [7, 11) is 0. The van der Waals surface area contributed by atoms with E-state index >= 15 is 0 Å². The van der Waals surface area contributed by atoms with Crippen LogP contribution in [0.15, 0.2) is 170 Å². The van der Waals surface area contributed by atoms with E-state index < -0.39 is 0 Å². The van der Waals surface area contributed by atoms with Crippen molar-refractivity contribution in [1.82, 2.24) is 15.0 Å². The van der Waals surface area contributed by atoms with Gasteiger partial charge in [-0.3, -0.25) is 0 Å². The molecule has 0 spiro atoms. The number of aromatic nitrogens is 3.